The number of carbonyl (C=O) groups excluding carboxylic acids is 1. The molecule has 0 fully saturated rings. The van der Waals surface area contributed by atoms with Crippen molar-refractivity contribution in [1.82, 2.24) is 9.97 Å². The molecule has 5 nitrogen and oxygen atoms in total. The number of nitrogens with two attached hydrogens (primary N) is 1. The Morgan fingerprint density at radius 2 is 2.24 bits per heavy atom. The maximum Gasteiger partial charge on any atom is 0.275 e. The number of thiazole rings is 1. The van der Waals surface area contributed by atoms with Crippen molar-refractivity contribution in [2.24, 2.45) is 5.73 Å². The minimum absolute atomic E-state index is 0.279. The molecule has 3 N–H and O–H groups in total. The SMILES string of the molecule is NCc1nc(C(=O)Nc2ccc(Cl)c3ncccc23)cs1. The van der Waals surface area contributed by atoms with Gasteiger partial charge < -0.3 is 11.1 Å². The number of benzene rings is 1. The largest absolute Gasteiger partial charge is 0.325 e. The van der Waals surface area contributed by atoms with Crippen LogP contribution in [0, 0.1) is 0 Å². The Hall–Kier alpha value is -2.02. The second-order valence-electron chi connectivity index (χ2n) is 4.28. The highest BCUT2D eigenvalue weighted by molar-refractivity contribution is 7.09. The van der Waals surface area contributed by atoms with E-state index in [1.165, 1.54) is 11.3 Å². The lowest BCUT2D eigenvalue weighted by atomic mass is 10.2. The van der Waals surface area contributed by atoms with Crippen molar-refractivity contribution in [3.05, 3.63) is 51.6 Å². The molecule has 2 aromatic heterocycles. The number of carbonyl (C=O) groups is 1. The van der Waals surface area contributed by atoms with E-state index in [1.54, 1.807) is 29.8 Å². The average Bonchev–Trinajstić information content (AvgIpc) is 2.99. The molecule has 1 amide bonds. The number of anilines is 1. The standard InChI is InChI=1S/C14H11ClN4OS/c15-9-3-4-10(8-2-1-5-17-13(8)9)19-14(20)11-7-21-12(6-16)18-11/h1-5,7H,6,16H2,(H,19,20). The van der Waals surface area contributed by atoms with Gasteiger partial charge in [0.05, 0.1) is 16.2 Å². The molecular formula is C14H11ClN4OS. The Kier molecular flexibility index (Phi) is 3.83. The highest BCUT2D eigenvalue weighted by Crippen LogP contribution is 2.28. The normalized spacial score (nSPS) is 10.8. The fraction of sp³-hybridized carbons (Fsp3) is 0.0714. The number of nitrogens with zero attached hydrogens (tertiary/aromatic N) is 2. The number of halogens is 1. The van der Waals surface area contributed by atoms with Gasteiger partial charge in [0, 0.05) is 23.5 Å². The van der Waals surface area contributed by atoms with Crippen LogP contribution in [0.5, 0.6) is 0 Å². The van der Waals surface area contributed by atoms with Crippen LogP contribution in [0.2, 0.25) is 5.02 Å². The van der Waals surface area contributed by atoms with Crippen LogP contribution in [-0.2, 0) is 6.54 Å². The minimum Gasteiger partial charge on any atom is -0.325 e. The van der Waals surface area contributed by atoms with E-state index in [0.717, 1.165) is 10.4 Å². The number of nitrogens with one attached hydrogen (secondary N) is 1. The third-order valence-electron chi connectivity index (χ3n) is 2.93. The molecule has 3 aromatic rings. The number of hydrogen-bond donors (Lipinski definition) is 2. The number of amides is 1. The van der Waals surface area contributed by atoms with Crippen molar-refractivity contribution >= 4 is 45.4 Å². The van der Waals surface area contributed by atoms with Gasteiger partial charge in [-0.25, -0.2) is 4.98 Å². The third kappa shape index (κ3) is 2.73. The zero-order chi connectivity index (χ0) is 14.8. The number of hydrogen-bond acceptors (Lipinski definition) is 5. The summed E-state index contributed by atoms with van der Waals surface area (Å²) in [5.74, 6) is -0.279. The van der Waals surface area contributed by atoms with Crippen LogP contribution in [0.1, 0.15) is 15.5 Å². The molecule has 106 valence electrons. The molecule has 0 aliphatic rings. The molecule has 3 rings (SSSR count). The van der Waals surface area contributed by atoms with Crippen LogP contribution in [-0.4, -0.2) is 15.9 Å². The van der Waals surface area contributed by atoms with E-state index in [1.807, 2.05) is 6.07 Å². The summed E-state index contributed by atoms with van der Waals surface area (Å²) in [4.78, 5) is 20.6. The summed E-state index contributed by atoms with van der Waals surface area (Å²) in [6.45, 7) is 0.325. The monoisotopic (exact) mass is 318 g/mol. The molecule has 0 saturated heterocycles. The van der Waals surface area contributed by atoms with Crippen LogP contribution in [0.15, 0.2) is 35.8 Å². The number of pyridine rings is 1. The van der Waals surface area contributed by atoms with E-state index >= 15 is 0 Å². The smallest absolute Gasteiger partial charge is 0.275 e. The fourth-order valence-electron chi connectivity index (χ4n) is 1.94. The summed E-state index contributed by atoms with van der Waals surface area (Å²) in [5.41, 5.74) is 7.15. The Bertz CT molecular complexity index is 818. The summed E-state index contributed by atoms with van der Waals surface area (Å²) in [7, 11) is 0. The van der Waals surface area contributed by atoms with Gasteiger partial charge in [-0.05, 0) is 24.3 Å². The van der Waals surface area contributed by atoms with Gasteiger partial charge in [-0.1, -0.05) is 11.6 Å². The van der Waals surface area contributed by atoms with Crippen molar-refractivity contribution in [3.63, 3.8) is 0 Å². The Morgan fingerprint density at radius 3 is 3.00 bits per heavy atom. The van der Waals surface area contributed by atoms with Gasteiger partial charge in [0.2, 0.25) is 0 Å². The summed E-state index contributed by atoms with van der Waals surface area (Å²) in [5, 5.41) is 6.57. The van der Waals surface area contributed by atoms with Crippen LogP contribution in [0.25, 0.3) is 10.9 Å². The Balaban J connectivity index is 1.95. The van der Waals surface area contributed by atoms with Crippen LogP contribution in [0.4, 0.5) is 5.69 Å². The second-order valence-corrected chi connectivity index (χ2v) is 5.63. The molecule has 7 heteroatoms. The zero-order valence-corrected chi connectivity index (χ0v) is 12.4. The Labute approximate surface area is 129 Å². The molecule has 0 bridgehead atoms. The molecule has 1 aromatic carbocycles. The Morgan fingerprint density at radius 1 is 1.38 bits per heavy atom. The van der Waals surface area contributed by atoms with Crippen molar-refractivity contribution in [2.45, 2.75) is 6.54 Å². The summed E-state index contributed by atoms with van der Waals surface area (Å²) in [6, 6.07) is 7.11. The highest BCUT2D eigenvalue weighted by atomic mass is 35.5. The maximum absolute atomic E-state index is 12.2. The molecule has 0 atom stereocenters. The van der Waals surface area contributed by atoms with Gasteiger partial charge in [-0.3, -0.25) is 9.78 Å². The first-order valence-corrected chi connectivity index (χ1v) is 7.44. The van der Waals surface area contributed by atoms with Crippen molar-refractivity contribution in [3.8, 4) is 0 Å². The van der Waals surface area contributed by atoms with E-state index in [-0.39, 0.29) is 5.91 Å². The fourth-order valence-corrected chi connectivity index (χ4v) is 2.81. The molecule has 0 aliphatic heterocycles. The first kappa shape index (κ1) is 13.9. The lowest BCUT2D eigenvalue weighted by Crippen LogP contribution is -2.13. The number of rotatable bonds is 3. The van der Waals surface area contributed by atoms with Gasteiger partial charge in [0.15, 0.2) is 0 Å². The average molecular weight is 319 g/mol. The summed E-state index contributed by atoms with van der Waals surface area (Å²) >= 11 is 7.47. The number of aromatic nitrogens is 2. The van der Waals surface area contributed by atoms with Crippen LogP contribution < -0.4 is 11.1 Å². The van der Waals surface area contributed by atoms with E-state index in [9.17, 15) is 4.79 Å². The van der Waals surface area contributed by atoms with Crippen molar-refractivity contribution in [2.75, 3.05) is 5.32 Å². The van der Waals surface area contributed by atoms with E-state index < -0.39 is 0 Å². The van der Waals surface area contributed by atoms with Crippen molar-refractivity contribution < 1.29 is 4.79 Å². The highest BCUT2D eigenvalue weighted by Gasteiger charge is 2.13. The van der Waals surface area contributed by atoms with Gasteiger partial charge >= 0.3 is 0 Å². The maximum atomic E-state index is 12.2. The molecule has 0 aliphatic carbocycles. The lowest BCUT2D eigenvalue weighted by molar-refractivity contribution is 0.102. The molecule has 21 heavy (non-hydrogen) atoms. The second kappa shape index (κ2) is 5.77. The summed E-state index contributed by atoms with van der Waals surface area (Å²) < 4.78 is 0. The first-order valence-electron chi connectivity index (χ1n) is 6.18. The quantitative estimate of drug-likeness (QED) is 0.777. The molecule has 0 unspecified atom stereocenters. The van der Waals surface area contributed by atoms with Gasteiger partial charge in [-0.15, -0.1) is 11.3 Å². The predicted octanol–water partition coefficient (Wildman–Crippen LogP) is 3.06. The van der Waals surface area contributed by atoms with Crippen LogP contribution in [0.3, 0.4) is 0 Å². The predicted molar refractivity (Wildman–Crippen MR) is 84.7 cm³/mol. The zero-order valence-electron chi connectivity index (χ0n) is 10.8. The molecule has 2 heterocycles. The van der Waals surface area contributed by atoms with E-state index in [0.29, 0.717) is 28.5 Å². The van der Waals surface area contributed by atoms with Gasteiger partial charge in [0.1, 0.15) is 10.7 Å². The molecule has 0 spiro atoms. The first-order chi connectivity index (χ1) is 10.2. The van der Waals surface area contributed by atoms with Crippen molar-refractivity contribution in [1.29, 1.82) is 0 Å². The van der Waals surface area contributed by atoms with E-state index in [2.05, 4.69) is 15.3 Å². The topological polar surface area (TPSA) is 80.9 Å². The van der Waals surface area contributed by atoms with Gasteiger partial charge in [-0.2, -0.15) is 0 Å². The summed E-state index contributed by atoms with van der Waals surface area (Å²) in [6.07, 6.45) is 1.66. The molecule has 0 radical (unpaired) electrons. The van der Waals surface area contributed by atoms with E-state index in [4.69, 9.17) is 17.3 Å². The molecular weight excluding hydrogens is 308 g/mol. The lowest BCUT2D eigenvalue weighted by Gasteiger charge is -2.08. The number of fused-ring (bicyclic) bond motifs is 1. The minimum atomic E-state index is -0.279. The molecule has 0 saturated carbocycles. The van der Waals surface area contributed by atoms with Crippen LogP contribution >= 0.6 is 22.9 Å². The van der Waals surface area contributed by atoms with Gasteiger partial charge in [0.25, 0.3) is 5.91 Å². The third-order valence-corrected chi connectivity index (χ3v) is 4.10.